The lowest BCUT2D eigenvalue weighted by Crippen LogP contribution is -2.49. The Labute approximate surface area is 165 Å². The molecule has 1 amide bonds. The third-order valence-corrected chi connectivity index (χ3v) is 4.77. The molecule has 29 heavy (non-hydrogen) atoms. The summed E-state index contributed by atoms with van der Waals surface area (Å²) >= 11 is 0. The molecule has 1 saturated heterocycles. The van der Waals surface area contributed by atoms with Crippen LogP contribution in [0.25, 0.3) is 11.5 Å². The van der Waals surface area contributed by atoms with Crippen molar-refractivity contribution >= 4 is 11.6 Å². The highest BCUT2D eigenvalue weighted by molar-refractivity contribution is 5.91. The van der Waals surface area contributed by atoms with Gasteiger partial charge in [0, 0.05) is 26.2 Å². The van der Waals surface area contributed by atoms with E-state index in [0.29, 0.717) is 26.2 Å². The van der Waals surface area contributed by atoms with Gasteiger partial charge in [0.25, 0.3) is 17.6 Å². The second kappa shape index (κ2) is 7.86. The SMILES string of the molecule is COc1ccccc1N1CCN(C(=O)c2noc(-c3cc(F)ccc3F)n2)CC1. The molecule has 1 aliphatic heterocycles. The molecule has 0 N–H and O–H groups in total. The monoisotopic (exact) mass is 400 g/mol. The summed E-state index contributed by atoms with van der Waals surface area (Å²) in [6.07, 6.45) is 0. The number of halogens is 2. The molecule has 0 radical (unpaired) electrons. The molecule has 1 fully saturated rings. The van der Waals surface area contributed by atoms with E-state index in [9.17, 15) is 13.6 Å². The Hall–Kier alpha value is -3.49. The van der Waals surface area contributed by atoms with Gasteiger partial charge in [-0.15, -0.1) is 0 Å². The number of hydrogen-bond acceptors (Lipinski definition) is 6. The number of carbonyl (C=O) groups excluding carboxylic acids is 1. The molecule has 9 heteroatoms. The van der Waals surface area contributed by atoms with E-state index < -0.39 is 17.5 Å². The lowest BCUT2D eigenvalue weighted by molar-refractivity contribution is 0.0731. The summed E-state index contributed by atoms with van der Waals surface area (Å²) in [6.45, 7) is 2.12. The number of amides is 1. The number of ether oxygens (including phenoxy) is 1. The number of aromatic nitrogens is 2. The average Bonchev–Trinajstić information content (AvgIpc) is 3.25. The zero-order chi connectivity index (χ0) is 20.4. The smallest absolute Gasteiger partial charge is 0.295 e. The van der Waals surface area contributed by atoms with Gasteiger partial charge in [0.2, 0.25) is 0 Å². The van der Waals surface area contributed by atoms with Crippen LogP contribution >= 0.6 is 0 Å². The molecule has 1 aromatic heterocycles. The third-order valence-electron chi connectivity index (χ3n) is 4.77. The van der Waals surface area contributed by atoms with Crippen LogP contribution in [0.1, 0.15) is 10.6 Å². The van der Waals surface area contributed by atoms with E-state index in [0.717, 1.165) is 29.6 Å². The number of para-hydroxylation sites is 2. The maximum Gasteiger partial charge on any atom is 0.295 e. The topological polar surface area (TPSA) is 71.7 Å². The van der Waals surface area contributed by atoms with Gasteiger partial charge in [-0.1, -0.05) is 17.3 Å². The molecule has 1 aliphatic rings. The zero-order valence-electron chi connectivity index (χ0n) is 15.6. The minimum atomic E-state index is -0.709. The number of rotatable bonds is 4. The second-order valence-corrected chi connectivity index (χ2v) is 6.50. The summed E-state index contributed by atoms with van der Waals surface area (Å²) in [5, 5.41) is 3.64. The Bertz CT molecular complexity index is 1030. The lowest BCUT2D eigenvalue weighted by atomic mass is 10.2. The van der Waals surface area contributed by atoms with Crippen molar-refractivity contribution < 1.29 is 22.8 Å². The number of nitrogens with zero attached hydrogens (tertiary/aromatic N) is 4. The Morgan fingerprint density at radius 3 is 2.62 bits per heavy atom. The number of carbonyl (C=O) groups is 1. The van der Waals surface area contributed by atoms with E-state index in [-0.39, 0.29) is 17.3 Å². The van der Waals surface area contributed by atoms with E-state index in [4.69, 9.17) is 9.26 Å². The van der Waals surface area contributed by atoms with E-state index in [2.05, 4.69) is 15.0 Å². The van der Waals surface area contributed by atoms with Gasteiger partial charge in [0.1, 0.15) is 17.4 Å². The van der Waals surface area contributed by atoms with Crippen molar-refractivity contribution in [2.45, 2.75) is 0 Å². The van der Waals surface area contributed by atoms with Crippen molar-refractivity contribution in [3.8, 4) is 17.2 Å². The highest BCUT2D eigenvalue weighted by Gasteiger charge is 2.27. The quantitative estimate of drug-likeness (QED) is 0.671. The second-order valence-electron chi connectivity index (χ2n) is 6.50. The standard InChI is InChI=1S/C20H18F2N4O3/c1-28-17-5-3-2-4-16(17)25-8-10-26(11-9-25)20(27)18-23-19(29-24-18)14-12-13(21)6-7-15(14)22/h2-7,12H,8-11H2,1H3. The van der Waals surface area contributed by atoms with Crippen LogP contribution in [-0.2, 0) is 0 Å². The van der Waals surface area contributed by atoms with Gasteiger partial charge < -0.3 is 19.1 Å². The first-order valence-electron chi connectivity index (χ1n) is 9.03. The van der Waals surface area contributed by atoms with Crippen molar-refractivity contribution in [3.05, 3.63) is 59.9 Å². The predicted octanol–water partition coefficient (Wildman–Crippen LogP) is 2.99. The summed E-state index contributed by atoms with van der Waals surface area (Å²) in [7, 11) is 1.62. The third kappa shape index (κ3) is 3.75. The summed E-state index contributed by atoms with van der Waals surface area (Å²) in [6, 6.07) is 10.6. The van der Waals surface area contributed by atoms with Gasteiger partial charge in [-0.05, 0) is 30.3 Å². The number of piperazine rings is 1. The maximum atomic E-state index is 13.9. The van der Waals surface area contributed by atoms with Gasteiger partial charge in [-0.3, -0.25) is 4.79 Å². The molecule has 150 valence electrons. The summed E-state index contributed by atoms with van der Waals surface area (Å²) < 4.78 is 37.6. The fraction of sp³-hybridized carbons (Fsp3) is 0.250. The van der Waals surface area contributed by atoms with E-state index >= 15 is 0 Å². The van der Waals surface area contributed by atoms with Gasteiger partial charge in [0.15, 0.2) is 0 Å². The molecule has 0 saturated carbocycles. The first kappa shape index (κ1) is 18.9. The lowest BCUT2D eigenvalue weighted by Gasteiger charge is -2.36. The summed E-state index contributed by atoms with van der Waals surface area (Å²) in [5.74, 6) is -1.42. The van der Waals surface area contributed by atoms with Crippen LogP contribution in [0.5, 0.6) is 5.75 Å². The van der Waals surface area contributed by atoms with Crippen LogP contribution in [-0.4, -0.2) is 54.2 Å². The zero-order valence-corrected chi connectivity index (χ0v) is 15.6. The molecular formula is C20H18F2N4O3. The summed E-state index contributed by atoms with van der Waals surface area (Å²) in [4.78, 5) is 20.4. The number of methoxy groups -OCH3 is 1. The first-order chi connectivity index (χ1) is 14.1. The molecule has 2 aromatic carbocycles. The number of benzene rings is 2. The van der Waals surface area contributed by atoms with Crippen molar-refractivity contribution in [2.24, 2.45) is 0 Å². The van der Waals surface area contributed by atoms with Crippen LogP contribution in [0.15, 0.2) is 47.0 Å². The molecule has 2 heterocycles. The molecule has 3 aromatic rings. The minimum Gasteiger partial charge on any atom is -0.495 e. The van der Waals surface area contributed by atoms with Crippen molar-refractivity contribution in [1.29, 1.82) is 0 Å². The predicted molar refractivity (Wildman–Crippen MR) is 101 cm³/mol. The summed E-state index contributed by atoms with van der Waals surface area (Å²) in [5.41, 5.74) is 0.781. The van der Waals surface area contributed by atoms with Crippen LogP contribution in [0, 0.1) is 11.6 Å². The molecule has 0 unspecified atom stereocenters. The Morgan fingerprint density at radius 1 is 1.10 bits per heavy atom. The van der Waals surface area contributed by atoms with Gasteiger partial charge >= 0.3 is 0 Å². The van der Waals surface area contributed by atoms with Gasteiger partial charge in [0.05, 0.1) is 18.4 Å². The highest BCUT2D eigenvalue weighted by Crippen LogP contribution is 2.28. The van der Waals surface area contributed by atoms with Crippen LogP contribution in [0.4, 0.5) is 14.5 Å². The van der Waals surface area contributed by atoms with Crippen LogP contribution in [0.3, 0.4) is 0 Å². The molecule has 0 aliphatic carbocycles. The molecule has 0 atom stereocenters. The Balaban J connectivity index is 1.45. The fourth-order valence-corrected chi connectivity index (χ4v) is 3.26. The number of anilines is 1. The van der Waals surface area contributed by atoms with Crippen LogP contribution in [0.2, 0.25) is 0 Å². The van der Waals surface area contributed by atoms with Crippen molar-refractivity contribution in [3.63, 3.8) is 0 Å². The molecule has 0 spiro atoms. The average molecular weight is 400 g/mol. The first-order valence-corrected chi connectivity index (χ1v) is 9.03. The van der Waals surface area contributed by atoms with E-state index in [1.165, 1.54) is 0 Å². The van der Waals surface area contributed by atoms with E-state index in [1.54, 1.807) is 12.0 Å². The van der Waals surface area contributed by atoms with E-state index in [1.807, 2.05) is 24.3 Å². The molecular weight excluding hydrogens is 382 g/mol. The van der Waals surface area contributed by atoms with Gasteiger partial charge in [-0.25, -0.2) is 8.78 Å². The largest absolute Gasteiger partial charge is 0.495 e. The Kier molecular flexibility index (Phi) is 5.11. The maximum absolute atomic E-state index is 13.9. The van der Waals surface area contributed by atoms with Crippen molar-refractivity contribution in [1.82, 2.24) is 15.0 Å². The number of hydrogen-bond donors (Lipinski definition) is 0. The normalized spacial score (nSPS) is 14.2. The van der Waals surface area contributed by atoms with Gasteiger partial charge in [-0.2, -0.15) is 4.98 Å². The Morgan fingerprint density at radius 2 is 1.86 bits per heavy atom. The molecule has 4 rings (SSSR count). The molecule has 7 nitrogen and oxygen atoms in total. The minimum absolute atomic E-state index is 0.183. The molecule has 0 bridgehead atoms. The fourth-order valence-electron chi connectivity index (χ4n) is 3.26. The van der Waals surface area contributed by atoms with Crippen molar-refractivity contribution in [2.75, 3.05) is 38.2 Å². The van der Waals surface area contributed by atoms with Crippen LogP contribution < -0.4 is 9.64 Å². The highest BCUT2D eigenvalue weighted by atomic mass is 19.1.